The van der Waals surface area contributed by atoms with E-state index in [1.165, 1.54) is 257 Å². The van der Waals surface area contributed by atoms with Gasteiger partial charge in [-0.25, -0.2) is 0 Å². The minimum absolute atomic E-state index is 0.372. The average Bonchev–Trinajstić information content (AvgIpc) is 3.33. The van der Waals surface area contributed by atoms with E-state index < -0.39 is 36.9 Å². The molecule has 4 unspecified atom stereocenters. The quantitative estimate of drug-likeness (QED) is 0.0308. The predicted molar refractivity (Wildman–Crippen MR) is 293 cm³/mol. The Balaban J connectivity index is 3.56. The molecule has 0 radical (unpaired) electrons. The molecule has 4 atom stereocenters. The van der Waals surface area contributed by atoms with Crippen molar-refractivity contribution in [3.05, 3.63) is 24.3 Å². The van der Waals surface area contributed by atoms with Crippen LogP contribution in [-0.4, -0.2) is 57.3 Å². The van der Waals surface area contributed by atoms with E-state index in [9.17, 15) is 25.2 Å². The minimum atomic E-state index is -1.26. The summed E-state index contributed by atoms with van der Waals surface area (Å²) in [6, 6.07) is -0.984. The molecule has 0 aliphatic carbocycles. The fraction of sp³-hybridized carbons (Fsp3) is 0.918. The Kier molecular flexibility index (Phi) is 54.7. The van der Waals surface area contributed by atoms with Crippen molar-refractivity contribution in [2.75, 3.05) is 6.61 Å². The van der Waals surface area contributed by atoms with Crippen LogP contribution in [0.15, 0.2) is 24.3 Å². The van der Waals surface area contributed by atoms with Crippen molar-refractivity contribution in [2.45, 2.75) is 353 Å². The summed E-state index contributed by atoms with van der Waals surface area (Å²) in [5, 5.41) is 44.0. The number of amides is 1. The molecule has 0 saturated carbocycles. The zero-order valence-electron chi connectivity index (χ0n) is 45.2. The van der Waals surface area contributed by atoms with Gasteiger partial charge in [0.1, 0.15) is 12.2 Å². The molecule has 0 spiro atoms. The van der Waals surface area contributed by atoms with Crippen LogP contribution < -0.4 is 5.32 Å². The summed E-state index contributed by atoms with van der Waals surface area (Å²) in [5.74, 6) is -0.579. The lowest BCUT2D eigenvalue weighted by molar-refractivity contribution is -0.132. The monoisotopic (exact) mass is 946 g/mol. The molecule has 398 valence electrons. The van der Waals surface area contributed by atoms with Crippen molar-refractivity contribution in [1.29, 1.82) is 0 Å². The van der Waals surface area contributed by atoms with Gasteiger partial charge in [0.05, 0.1) is 18.8 Å². The minimum Gasteiger partial charge on any atom is -0.394 e. The maximum absolute atomic E-state index is 12.6. The Morgan fingerprint density at radius 2 is 0.642 bits per heavy atom. The first kappa shape index (κ1) is 65.8. The van der Waals surface area contributed by atoms with Gasteiger partial charge in [0, 0.05) is 0 Å². The lowest BCUT2D eigenvalue weighted by atomic mass is 9.99. The SMILES string of the molecule is CCCCCCCCCCCCC/C=C\C/C=C\CCCCCCCCCCCCCCCCCCC(O)C(=O)NC(CO)C(O)C(O)CCCCCCCCCCCCCCCCCCC. The van der Waals surface area contributed by atoms with E-state index >= 15 is 0 Å². The third-order valence-electron chi connectivity index (χ3n) is 14.4. The zero-order valence-corrected chi connectivity index (χ0v) is 45.2. The summed E-state index contributed by atoms with van der Waals surface area (Å²) >= 11 is 0. The highest BCUT2D eigenvalue weighted by Gasteiger charge is 2.28. The number of aliphatic hydroxyl groups is 4. The zero-order chi connectivity index (χ0) is 48.8. The number of allylic oxidation sites excluding steroid dienone is 4. The third-order valence-corrected chi connectivity index (χ3v) is 14.4. The van der Waals surface area contributed by atoms with Crippen molar-refractivity contribution in [3.63, 3.8) is 0 Å². The number of unbranched alkanes of at least 4 members (excludes halogenated alkanes) is 43. The van der Waals surface area contributed by atoms with Gasteiger partial charge in [-0.15, -0.1) is 0 Å². The number of hydrogen-bond acceptors (Lipinski definition) is 5. The maximum atomic E-state index is 12.6. The van der Waals surface area contributed by atoms with Gasteiger partial charge < -0.3 is 25.7 Å². The van der Waals surface area contributed by atoms with Gasteiger partial charge in [-0.1, -0.05) is 308 Å². The van der Waals surface area contributed by atoms with Gasteiger partial charge in [0.15, 0.2) is 0 Å². The largest absolute Gasteiger partial charge is 0.394 e. The topological polar surface area (TPSA) is 110 Å². The summed E-state index contributed by atoms with van der Waals surface area (Å²) in [6.45, 7) is 4.09. The number of aliphatic hydroxyl groups excluding tert-OH is 4. The molecule has 6 nitrogen and oxygen atoms in total. The van der Waals surface area contributed by atoms with E-state index in [1.807, 2.05) is 0 Å². The first-order chi connectivity index (χ1) is 33.0. The highest BCUT2D eigenvalue weighted by molar-refractivity contribution is 5.80. The smallest absolute Gasteiger partial charge is 0.249 e. The van der Waals surface area contributed by atoms with Crippen LogP contribution in [0.1, 0.15) is 328 Å². The molecule has 0 aliphatic heterocycles. The van der Waals surface area contributed by atoms with E-state index in [4.69, 9.17) is 0 Å². The van der Waals surface area contributed by atoms with Gasteiger partial charge >= 0.3 is 0 Å². The van der Waals surface area contributed by atoms with E-state index in [1.54, 1.807) is 0 Å². The van der Waals surface area contributed by atoms with Gasteiger partial charge in [-0.2, -0.15) is 0 Å². The van der Waals surface area contributed by atoms with Gasteiger partial charge in [0.2, 0.25) is 5.91 Å². The molecule has 0 bridgehead atoms. The van der Waals surface area contributed by atoms with Crippen molar-refractivity contribution in [1.82, 2.24) is 5.32 Å². The fourth-order valence-electron chi connectivity index (χ4n) is 9.67. The molecule has 0 fully saturated rings. The van der Waals surface area contributed by atoms with Crippen molar-refractivity contribution >= 4 is 5.91 Å². The Hall–Kier alpha value is -1.21. The number of rotatable bonds is 56. The van der Waals surface area contributed by atoms with Crippen LogP contribution in [0.5, 0.6) is 0 Å². The second kappa shape index (κ2) is 55.7. The molecular formula is C61H119NO5. The number of hydrogen-bond donors (Lipinski definition) is 5. The fourth-order valence-corrected chi connectivity index (χ4v) is 9.67. The number of carbonyl (C=O) groups is 1. The highest BCUT2D eigenvalue weighted by atomic mass is 16.3. The first-order valence-corrected chi connectivity index (χ1v) is 30.2. The molecule has 0 rings (SSSR count). The van der Waals surface area contributed by atoms with E-state index in [0.717, 1.165) is 44.9 Å². The average molecular weight is 947 g/mol. The van der Waals surface area contributed by atoms with Crippen LogP contribution >= 0.6 is 0 Å². The lowest BCUT2D eigenvalue weighted by Gasteiger charge is -2.27. The Morgan fingerprint density at radius 3 is 0.940 bits per heavy atom. The summed E-state index contributed by atoms with van der Waals surface area (Å²) in [4.78, 5) is 12.6. The van der Waals surface area contributed by atoms with Crippen molar-refractivity contribution < 1.29 is 25.2 Å². The lowest BCUT2D eigenvalue weighted by Crippen LogP contribution is -2.53. The molecule has 67 heavy (non-hydrogen) atoms. The first-order valence-electron chi connectivity index (χ1n) is 30.2. The highest BCUT2D eigenvalue weighted by Crippen LogP contribution is 2.18. The summed E-state index contributed by atoms with van der Waals surface area (Å²) in [6.07, 6.45) is 68.3. The Bertz CT molecular complexity index is 1020. The molecule has 0 saturated heterocycles. The van der Waals surface area contributed by atoms with Gasteiger partial charge in [-0.3, -0.25) is 4.79 Å². The molecule has 0 aromatic heterocycles. The molecular weight excluding hydrogens is 827 g/mol. The number of nitrogens with one attached hydrogen (secondary N) is 1. The normalized spacial score (nSPS) is 13.8. The number of carbonyl (C=O) groups excluding carboxylic acids is 1. The van der Waals surface area contributed by atoms with Crippen LogP contribution in [0.2, 0.25) is 0 Å². The molecule has 6 heteroatoms. The van der Waals surface area contributed by atoms with Crippen LogP contribution in [0, 0.1) is 0 Å². The predicted octanol–water partition coefficient (Wildman–Crippen LogP) is 17.8. The molecule has 0 aliphatic rings. The van der Waals surface area contributed by atoms with Crippen LogP contribution in [0.4, 0.5) is 0 Å². The third kappa shape index (κ3) is 49.6. The summed E-state index contributed by atoms with van der Waals surface area (Å²) < 4.78 is 0. The molecule has 1 amide bonds. The molecule has 0 aromatic carbocycles. The van der Waals surface area contributed by atoms with Crippen LogP contribution in [-0.2, 0) is 4.79 Å². The second-order valence-corrected chi connectivity index (χ2v) is 21.1. The van der Waals surface area contributed by atoms with Crippen molar-refractivity contribution in [3.8, 4) is 0 Å². The second-order valence-electron chi connectivity index (χ2n) is 21.1. The van der Waals surface area contributed by atoms with Crippen LogP contribution in [0.25, 0.3) is 0 Å². The van der Waals surface area contributed by atoms with Gasteiger partial charge in [-0.05, 0) is 44.9 Å². The van der Waals surface area contributed by atoms with E-state index in [0.29, 0.717) is 12.8 Å². The van der Waals surface area contributed by atoms with Crippen LogP contribution in [0.3, 0.4) is 0 Å². The van der Waals surface area contributed by atoms with E-state index in [-0.39, 0.29) is 0 Å². The summed E-state index contributed by atoms with van der Waals surface area (Å²) in [5.41, 5.74) is 0. The van der Waals surface area contributed by atoms with Crippen molar-refractivity contribution in [2.24, 2.45) is 0 Å². The Labute approximate surface area is 418 Å². The summed E-state index contributed by atoms with van der Waals surface area (Å²) in [7, 11) is 0. The molecule has 0 aromatic rings. The molecule has 5 N–H and O–H groups in total. The van der Waals surface area contributed by atoms with E-state index in [2.05, 4.69) is 43.5 Å². The van der Waals surface area contributed by atoms with Gasteiger partial charge in [0.25, 0.3) is 0 Å². The maximum Gasteiger partial charge on any atom is 0.249 e. The molecule has 0 heterocycles. The Morgan fingerprint density at radius 1 is 0.373 bits per heavy atom. The standard InChI is InChI=1S/C61H119NO5/c1-3-5-7-9-11-13-15-17-19-21-22-23-24-25-26-27-28-29-30-31-32-33-34-35-36-37-39-41-43-45-47-49-51-53-55-59(65)61(67)62-57(56-63)60(66)58(64)54-52-50-48-46-44-42-40-38-20-18-16-14-12-10-8-6-4-2/h24-25,27-28,57-60,63-66H,3-23,26,29-56H2,1-2H3,(H,62,67)/b25-24-,28-27-.